The molecule has 3 heterocycles. The average molecular weight is 804 g/mol. The minimum Gasteiger partial charge on any atom is -0.310 e. The number of hydrogen-bond donors (Lipinski definition) is 0. The molecule has 0 bridgehead atoms. The van der Waals surface area contributed by atoms with Crippen molar-refractivity contribution in [2.24, 2.45) is 0 Å². The van der Waals surface area contributed by atoms with Gasteiger partial charge in [0, 0.05) is 49.4 Å². The minimum absolute atomic E-state index is 1.06. The number of para-hydroxylation sites is 5. The van der Waals surface area contributed by atoms with E-state index in [2.05, 4.69) is 238 Å². The monoisotopic (exact) mass is 803 g/mol. The van der Waals surface area contributed by atoms with Crippen molar-refractivity contribution in [1.82, 2.24) is 13.7 Å². The second-order valence-electron chi connectivity index (χ2n) is 16.8. The van der Waals surface area contributed by atoms with E-state index < -0.39 is 0 Å². The van der Waals surface area contributed by atoms with E-state index in [1.807, 2.05) is 0 Å². The Hall–Kier alpha value is -8.14. The van der Waals surface area contributed by atoms with Crippen molar-refractivity contribution in [2.75, 3.05) is 0 Å². The molecule has 0 radical (unpaired) electrons. The third-order valence-corrected chi connectivity index (χ3v) is 13.2. The van der Waals surface area contributed by atoms with Gasteiger partial charge in [0.25, 0.3) is 0 Å². The molecule has 13 rings (SSSR count). The summed E-state index contributed by atoms with van der Waals surface area (Å²) in [5.41, 5.74) is 18.0. The summed E-state index contributed by atoms with van der Waals surface area (Å²) in [6.45, 7) is 0. The van der Waals surface area contributed by atoms with E-state index in [-0.39, 0.29) is 0 Å². The van der Waals surface area contributed by atoms with Gasteiger partial charge in [0.15, 0.2) is 0 Å². The fraction of sp³-hybridized carbons (Fsp3) is 0.0333. The van der Waals surface area contributed by atoms with Crippen molar-refractivity contribution in [3.63, 3.8) is 0 Å². The van der Waals surface area contributed by atoms with E-state index in [1.165, 1.54) is 104 Å². The summed E-state index contributed by atoms with van der Waals surface area (Å²) >= 11 is 0. The predicted octanol–water partition coefficient (Wildman–Crippen LogP) is 16.2. The molecule has 12 aromatic rings. The topological polar surface area (TPSA) is 14.8 Å². The molecule has 3 heteroatoms. The number of nitrogens with zero attached hydrogens (tertiary/aromatic N) is 3. The molecule has 0 aliphatic heterocycles. The third-order valence-electron chi connectivity index (χ3n) is 13.2. The molecule has 0 saturated carbocycles. The smallest absolute Gasteiger partial charge is 0.0541 e. The number of allylic oxidation sites excluding steroid dienone is 4. The molecular weight excluding hydrogens is 763 g/mol. The van der Waals surface area contributed by atoms with Crippen LogP contribution in [-0.2, 0) is 0 Å². The van der Waals surface area contributed by atoms with E-state index in [1.54, 1.807) is 0 Å². The average Bonchev–Trinajstić information content (AvgIpc) is 3.99. The normalized spacial score (nSPS) is 13.0. The van der Waals surface area contributed by atoms with Gasteiger partial charge in [-0.15, -0.1) is 0 Å². The zero-order valence-electron chi connectivity index (χ0n) is 34.6. The van der Waals surface area contributed by atoms with Gasteiger partial charge in [-0.25, -0.2) is 0 Å². The highest BCUT2D eigenvalue weighted by atomic mass is 15.0. The molecule has 1 aliphatic rings. The predicted molar refractivity (Wildman–Crippen MR) is 267 cm³/mol. The highest BCUT2D eigenvalue weighted by molar-refractivity contribution is 6.13. The first kappa shape index (κ1) is 35.6. The van der Waals surface area contributed by atoms with E-state index in [0.29, 0.717) is 0 Å². The van der Waals surface area contributed by atoms with Crippen LogP contribution in [-0.4, -0.2) is 13.7 Å². The molecule has 0 atom stereocenters. The van der Waals surface area contributed by atoms with Crippen molar-refractivity contribution in [3.05, 3.63) is 224 Å². The number of benzene rings is 9. The number of rotatable bonds is 6. The summed E-state index contributed by atoms with van der Waals surface area (Å²) < 4.78 is 7.22. The quantitative estimate of drug-likeness (QED) is 0.159. The van der Waals surface area contributed by atoms with Crippen LogP contribution >= 0.6 is 0 Å². The van der Waals surface area contributed by atoms with Gasteiger partial charge < -0.3 is 13.7 Å². The number of hydrogen-bond acceptors (Lipinski definition) is 0. The lowest BCUT2D eigenvalue weighted by molar-refractivity contribution is 1.02. The van der Waals surface area contributed by atoms with Gasteiger partial charge in [-0.2, -0.15) is 0 Å². The Bertz CT molecular complexity index is 3660. The second-order valence-corrected chi connectivity index (χ2v) is 16.8. The molecule has 1 aliphatic carbocycles. The molecular formula is C60H41N3. The first-order valence-corrected chi connectivity index (χ1v) is 22.0. The van der Waals surface area contributed by atoms with Crippen LogP contribution in [0.5, 0.6) is 0 Å². The first-order valence-electron chi connectivity index (χ1n) is 22.0. The maximum Gasteiger partial charge on any atom is 0.0541 e. The van der Waals surface area contributed by atoms with Crippen LogP contribution in [0.4, 0.5) is 0 Å². The Morgan fingerprint density at radius 1 is 0.270 bits per heavy atom. The Kier molecular flexibility index (Phi) is 8.04. The molecule has 3 aromatic heterocycles. The summed E-state index contributed by atoms with van der Waals surface area (Å²) in [5, 5.41) is 7.52. The summed E-state index contributed by atoms with van der Waals surface area (Å²) in [6.07, 6.45) is 9.10. The fourth-order valence-electron chi connectivity index (χ4n) is 10.3. The Labute approximate surface area is 365 Å². The molecule has 0 unspecified atom stereocenters. The number of fused-ring (bicyclic) bond motifs is 9. The molecule has 0 N–H and O–H groups in total. The summed E-state index contributed by atoms with van der Waals surface area (Å²) in [6, 6.07) is 76.1. The van der Waals surface area contributed by atoms with E-state index >= 15 is 0 Å². The lowest BCUT2D eigenvalue weighted by Crippen LogP contribution is -1.96. The second kappa shape index (κ2) is 14.2. The van der Waals surface area contributed by atoms with Crippen LogP contribution < -0.4 is 0 Å². The van der Waals surface area contributed by atoms with Crippen LogP contribution in [0, 0.1) is 0 Å². The van der Waals surface area contributed by atoms with Gasteiger partial charge in [-0.1, -0.05) is 121 Å². The Morgan fingerprint density at radius 3 is 1.05 bits per heavy atom. The van der Waals surface area contributed by atoms with Gasteiger partial charge in [0.05, 0.1) is 33.1 Å². The van der Waals surface area contributed by atoms with Crippen LogP contribution in [0.1, 0.15) is 12.8 Å². The van der Waals surface area contributed by atoms with Crippen molar-refractivity contribution < 1.29 is 0 Å². The van der Waals surface area contributed by atoms with Crippen LogP contribution in [0.3, 0.4) is 0 Å². The molecule has 3 nitrogen and oxygen atoms in total. The SMILES string of the molecule is C1=CC(n2c3ccccc3c3cc(-c4cc(-c5ccc6c(c5)c5ccccc5n6-c5ccccc5)cc(-c5ccc6c(c5)c5ccccc5n6-c5ccccc5)c4)ccc32)=CCC1. The standard InChI is InChI=1S/C60H41N3/c1-4-16-46(17-5-1)61-55-25-13-10-22-49(55)52-37-40(28-31-58(52)61)43-34-44(41-29-32-59-53(38-41)50-23-11-14-26-56(50)62(59)47-18-6-2-7-19-47)36-45(35-43)42-30-33-60-54(39-42)51-24-12-15-27-57(51)63(60)48-20-8-3-9-21-48/h1-2,4-8,10-39H,3,9H2. The van der Waals surface area contributed by atoms with E-state index in [9.17, 15) is 0 Å². The third kappa shape index (κ3) is 5.67. The number of aromatic nitrogens is 3. The van der Waals surface area contributed by atoms with Gasteiger partial charge >= 0.3 is 0 Å². The highest BCUT2D eigenvalue weighted by Gasteiger charge is 2.19. The molecule has 0 saturated heterocycles. The van der Waals surface area contributed by atoms with Gasteiger partial charge in [-0.05, 0) is 149 Å². The van der Waals surface area contributed by atoms with E-state index in [0.717, 1.165) is 24.2 Å². The molecule has 0 spiro atoms. The van der Waals surface area contributed by atoms with Crippen LogP contribution in [0.25, 0.3) is 116 Å². The summed E-state index contributed by atoms with van der Waals surface area (Å²) in [5.74, 6) is 0. The Morgan fingerprint density at radius 2 is 0.635 bits per heavy atom. The minimum atomic E-state index is 1.06. The molecule has 63 heavy (non-hydrogen) atoms. The van der Waals surface area contributed by atoms with Crippen molar-refractivity contribution >= 4 is 71.1 Å². The molecule has 296 valence electrons. The van der Waals surface area contributed by atoms with Gasteiger partial charge in [-0.3, -0.25) is 0 Å². The van der Waals surface area contributed by atoms with Crippen molar-refractivity contribution in [3.8, 4) is 44.8 Å². The molecule has 0 fully saturated rings. The van der Waals surface area contributed by atoms with Crippen molar-refractivity contribution in [1.29, 1.82) is 0 Å². The zero-order valence-corrected chi connectivity index (χ0v) is 34.6. The van der Waals surface area contributed by atoms with Crippen molar-refractivity contribution in [2.45, 2.75) is 12.8 Å². The van der Waals surface area contributed by atoms with Gasteiger partial charge in [0.2, 0.25) is 0 Å². The molecule has 9 aromatic carbocycles. The van der Waals surface area contributed by atoms with Gasteiger partial charge in [0.1, 0.15) is 0 Å². The Balaban J connectivity index is 1.04. The van der Waals surface area contributed by atoms with Crippen LogP contribution in [0.15, 0.2) is 224 Å². The van der Waals surface area contributed by atoms with E-state index in [4.69, 9.17) is 0 Å². The summed E-state index contributed by atoms with van der Waals surface area (Å²) in [4.78, 5) is 0. The first-order chi connectivity index (χ1) is 31.2. The maximum absolute atomic E-state index is 2.44. The maximum atomic E-state index is 2.44. The lowest BCUT2D eigenvalue weighted by atomic mass is 9.92. The largest absolute Gasteiger partial charge is 0.310 e. The molecule has 0 amide bonds. The lowest BCUT2D eigenvalue weighted by Gasteiger charge is -2.14. The van der Waals surface area contributed by atoms with Crippen LogP contribution in [0.2, 0.25) is 0 Å². The highest BCUT2D eigenvalue weighted by Crippen LogP contribution is 2.42. The fourth-order valence-corrected chi connectivity index (χ4v) is 10.3. The summed E-state index contributed by atoms with van der Waals surface area (Å²) in [7, 11) is 0. The zero-order chi connectivity index (χ0) is 41.4.